The minimum Gasteiger partial charge on any atom is -0.462 e. The lowest BCUT2D eigenvalue weighted by Gasteiger charge is -2.36. The average Bonchev–Trinajstić information content (AvgIpc) is 2.72. The third-order valence-electron chi connectivity index (χ3n) is 5.23. The fourth-order valence-electron chi connectivity index (χ4n) is 3.93. The number of benzene rings is 1. The zero-order valence-corrected chi connectivity index (χ0v) is 13.0. The normalized spacial score (nSPS) is 30.1. The molecule has 114 valence electrons. The molecule has 0 N–H and O–H groups in total. The van der Waals surface area contributed by atoms with Crippen molar-refractivity contribution in [1.82, 2.24) is 4.90 Å². The molecule has 0 amide bonds. The highest BCUT2D eigenvalue weighted by molar-refractivity contribution is 5.78. The number of hydrogen-bond donors (Lipinski definition) is 0. The summed E-state index contributed by atoms with van der Waals surface area (Å²) in [5.74, 6) is -0.166. The molecule has 0 aliphatic carbocycles. The highest BCUT2D eigenvalue weighted by Crippen LogP contribution is 2.36. The quantitative estimate of drug-likeness (QED) is 0.795. The summed E-state index contributed by atoms with van der Waals surface area (Å²) >= 11 is 0. The predicted octanol–water partition coefficient (Wildman–Crippen LogP) is 3.35. The summed E-state index contributed by atoms with van der Waals surface area (Å²) in [7, 11) is 2.21. The fraction of sp³-hybridized carbons (Fsp3) is 0.611. The van der Waals surface area contributed by atoms with Gasteiger partial charge in [-0.1, -0.05) is 37.3 Å². The molecule has 0 unspecified atom stereocenters. The van der Waals surface area contributed by atoms with Crippen LogP contribution in [0.25, 0.3) is 0 Å². The van der Waals surface area contributed by atoms with Gasteiger partial charge in [-0.25, -0.2) is 0 Å². The second-order valence-corrected chi connectivity index (χ2v) is 6.45. The summed E-state index contributed by atoms with van der Waals surface area (Å²) in [5.41, 5.74) is 1.07. The van der Waals surface area contributed by atoms with E-state index < -0.39 is 0 Å². The van der Waals surface area contributed by atoms with Crippen molar-refractivity contribution in [2.24, 2.45) is 0 Å². The molecular formula is C18H25NO2. The van der Waals surface area contributed by atoms with Crippen LogP contribution in [0.1, 0.15) is 50.5 Å². The van der Waals surface area contributed by atoms with Crippen LogP contribution in [-0.4, -0.2) is 36.1 Å². The Hall–Kier alpha value is -1.35. The van der Waals surface area contributed by atoms with E-state index in [0.717, 1.165) is 24.8 Å². The maximum Gasteiger partial charge on any atom is 0.313 e. The molecule has 3 rings (SSSR count). The summed E-state index contributed by atoms with van der Waals surface area (Å²) in [6.07, 6.45) is 5.43. The molecule has 0 aromatic heterocycles. The van der Waals surface area contributed by atoms with Crippen molar-refractivity contribution in [2.45, 2.75) is 63.1 Å². The van der Waals surface area contributed by atoms with Crippen LogP contribution >= 0.6 is 0 Å². The zero-order valence-electron chi connectivity index (χ0n) is 13.0. The second-order valence-electron chi connectivity index (χ2n) is 6.45. The molecule has 2 bridgehead atoms. The molecule has 3 nitrogen and oxygen atoms in total. The number of rotatable bonds is 4. The van der Waals surface area contributed by atoms with Gasteiger partial charge in [-0.2, -0.15) is 0 Å². The Balaban J connectivity index is 1.63. The molecule has 0 saturated carbocycles. The Labute approximate surface area is 127 Å². The van der Waals surface area contributed by atoms with Crippen molar-refractivity contribution in [1.29, 1.82) is 0 Å². The summed E-state index contributed by atoms with van der Waals surface area (Å²) in [6.45, 7) is 2.05. The Morgan fingerprint density at radius 3 is 2.43 bits per heavy atom. The van der Waals surface area contributed by atoms with Gasteiger partial charge in [0.1, 0.15) is 6.10 Å². The SMILES string of the molecule is CC[C@@H](C(=O)OC1C[C@@H]2CC[C@@H](C1)N2C)c1ccccc1. The monoisotopic (exact) mass is 287 g/mol. The Morgan fingerprint density at radius 1 is 1.24 bits per heavy atom. The van der Waals surface area contributed by atoms with Crippen LogP contribution in [0.4, 0.5) is 0 Å². The van der Waals surface area contributed by atoms with Gasteiger partial charge >= 0.3 is 5.97 Å². The van der Waals surface area contributed by atoms with Gasteiger partial charge in [0, 0.05) is 12.1 Å². The number of hydrogen-bond acceptors (Lipinski definition) is 3. The van der Waals surface area contributed by atoms with Crippen molar-refractivity contribution in [3.8, 4) is 0 Å². The molecule has 2 fully saturated rings. The van der Waals surface area contributed by atoms with Gasteiger partial charge in [0.2, 0.25) is 0 Å². The lowest BCUT2D eigenvalue weighted by molar-refractivity contribution is -0.154. The fourth-order valence-corrected chi connectivity index (χ4v) is 3.93. The van der Waals surface area contributed by atoms with Gasteiger partial charge in [0.05, 0.1) is 5.92 Å². The van der Waals surface area contributed by atoms with E-state index in [9.17, 15) is 4.79 Å². The zero-order chi connectivity index (χ0) is 14.8. The number of nitrogens with zero attached hydrogens (tertiary/aromatic N) is 1. The molecule has 2 heterocycles. The molecule has 1 aromatic carbocycles. The van der Waals surface area contributed by atoms with Gasteiger partial charge in [-0.05, 0) is 44.7 Å². The highest BCUT2D eigenvalue weighted by Gasteiger charge is 2.40. The molecule has 3 atom stereocenters. The number of piperidine rings is 1. The Bertz CT molecular complexity index is 473. The molecule has 2 aliphatic heterocycles. The smallest absolute Gasteiger partial charge is 0.313 e. The van der Waals surface area contributed by atoms with E-state index in [0.29, 0.717) is 12.1 Å². The van der Waals surface area contributed by atoms with E-state index in [1.165, 1.54) is 12.8 Å². The lowest BCUT2D eigenvalue weighted by atomic mass is 9.96. The van der Waals surface area contributed by atoms with Crippen LogP contribution in [0.3, 0.4) is 0 Å². The highest BCUT2D eigenvalue weighted by atomic mass is 16.5. The molecule has 2 aliphatic rings. The molecule has 21 heavy (non-hydrogen) atoms. The third-order valence-corrected chi connectivity index (χ3v) is 5.23. The molecule has 3 heteroatoms. The van der Waals surface area contributed by atoms with Gasteiger partial charge in [0.25, 0.3) is 0 Å². The largest absolute Gasteiger partial charge is 0.462 e. The van der Waals surface area contributed by atoms with E-state index in [2.05, 4.69) is 18.9 Å². The maximum atomic E-state index is 12.5. The summed E-state index contributed by atoms with van der Waals surface area (Å²) in [5, 5.41) is 0. The summed E-state index contributed by atoms with van der Waals surface area (Å²) in [6, 6.07) is 11.2. The molecule has 0 spiro atoms. The van der Waals surface area contributed by atoms with Gasteiger partial charge in [-0.15, -0.1) is 0 Å². The summed E-state index contributed by atoms with van der Waals surface area (Å²) in [4.78, 5) is 15.0. The first-order valence-electron chi connectivity index (χ1n) is 8.16. The summed E-state index contributed by atoms with van der Waals surface area (Å²) < 4.78 is 5.86. The molecule has 2 saturated heterocycles. The van der Waals surface area contributed by atoms with Crippen molar-refractivity contribution in [3.05, 3.63) is 35.9 Å². The van der Waals surface area contributed by atoms with E-state index in [4.69, 9.17) is 4.74 Å². The van der Waals surface area contributed by atoms with Crippen LogP contribution < -0.4 is 0 Å². The Kier molecular flexibility index (Phi) is 4.29. The van der Waals surface area contributed by atoms with Crippen LogP contribution in [0, 0.1) is 0 Å². The lowest BCUT2D eigenvalue weighted by Crippen LogP contribution is -2.43. The first-order valence-corrected chi connectivity index (χ1v) is 8.16. The van der Waals surface area contributed by atoms with Crippen molar-refractivity contribution < 1.29 is 9.53 Å². The average molecular weight is 287 g/mol. The van der Waals surface area contributed by atoms with Gasteiger partial charge in [0.15, 0.2) is 0 Å². The third kappa shape index (κ3) is 2.98. The van der Waals surface area contributed by atoms with Crippen molar-refractivity contribution >= 4 is 5.97 Å². The number of fused-ring (bicyclic) bond motifs is 2. The standard InChI is InChI=1S/C18H25NO2/c1-3-17(13-7-5-4-6-8-13)18(20)21-16-11-14-9-10-15(12-16)19(14)2/h4-8,14-17H,3,9-12H2,1-2H3/t14-,15-,17+/m0/s1. The minimum atomic E-state index is -0.122. The van der Waals surface area contributed by atoms with E-state index in [-0.39, 0.29) is 18.0 Å². The first kappa shape index (κ1) is 14.6. The number of carbonyl (C=O) groups is 1. The second kappa shape index (κ2) is 6.18. The van der Waals surface area contributed by atoms with Crippen LogP contribution in [0.5, 0.6) is 0 Å². The number of esters is 1. The molecule has 1 aromatic rings. The Morgan fingerprint density at radius 2 is 1.86 bits per heavy atom. The molecule has 0 radical (unpaired) electrons. The van der Waals surface area contributed by atoms with Crippen LogP contribution in [0.15, 0.2) is 30.3 Å². The number of carbonyl (C=O) groups excluding carboxylic acids is 1. The van der Waals surface area contributed by atoms with Crippen LogP contribution in [-0.2, 0) is 9.53 Å². The van der Waals surface area contributed by atoms with Crippen molar-refractivity contribution in [2.75, 3.05) is 7.05 Å². The number of ether oxygens (including phenoxy) is 1. The predicted molar refractivity (Wildman–Crippen MR) is 83.2 cm³/mol. The maximum absolute atomic E-state index is 12.5. The molecular weight excluding hydrogens is 262 g/mol. The van der Waals surface area contributed by atoms with Crippen molar-refractivity contribution in [3.63, 3.8) is 0 Å². The first-order chi connectivity index (χ1) is 10.2. The minimum absolute atomic E-state index is 0.0438. The van der Waals surface area contributed by atoms with Crippen LogP contribution in [0.2, 0.25) is 0 Å². The van der Waals surface area contributed by atoms with E-state index >= 15 is 0 Å². The van der Waals surface area contributed by atoms with Gasteiger partial charge in [-0.3, -0.25) is 4.79 Å². The van der Waals surface area contributed by atoms with Gasteiger partial charge < -0.3 is 9.64 Å². The van der Waals surface area contributed by atoms with E-state index in [1.54, 1.807) is 0 Å². The van der Waals surface area contributed by atoms with E-state index in [1.807, 2.05) is 30.3 Å². The topological polar surface area (TPSA) is 29.5 Å².